The van der Waals surface area contributed by atoms with E-state index >= 15 is 0 Å². The normalized spacial score (nSPS) is 26.6. The second-order valence-corrected chi connectivity index (χ2v) is 7.57. The third-order valence-corrected chi connectivity index (χ3v) is 6.56. The van der Waals surface area contributed by atoms with Gasteiger partial charge in [0, 0.05) is 31.8 Å². The molecule has 1 aliphatic carbocycles. The minimum absolute atomic E-state index is 0.0499. The van der Waals surface area contributed by atoms with Crippen molar-refractivity contribution < 1.29 is 13.5 Å². The van der Waals surface area contributed by atoms with Gasteiger partial charge in [-0.2, -0.15) is 17.0 Å². The second-order valence-electron chi connectivity index (χ2n) is 5.74. The van der Waals surface area contributed by atoms with Crippen molar-refractivity contribution in [1.82, 2.24) is 8.61 Å². The zero-order valence-electron chi connectivity index (χ0n) is 11.8. The van der Waals surface area contributed by atoms with Gasteiger partial charge in [0.2, 0.25) is 0 Å². The van der Waals surface area contributed by atoms with Crippen molar-refractivity contribution in [3.8, 4) is 0 Å². The van der Waals surface area contributed by atoms with Gasteiger partial charge in [-0.05, 0) is 39.0 Å². The number of aliphatic hydroxyl groups excluding tert-OH is 1. The molecule has 2 fully saturated rings. The Morgan fingerprint density at radius 1 is 1.21 bits per heavy atom. The van der Waals surface area contributed by atoms with Gasteiger partial charge in [-0.1, -0.05) is 12.8 Å². The van der Waals surface area contributed by atoms with Crippen LogP contribution in [0, 0.1) is 0 Å². The molecule has 2 aliphatic rings. The number of piperidine rings is 1. The highest BCUT2D eigenvalue weighted by Crippen LogP contribution is 2.31. The molecule has 0 aromatic heterocycles. The summed E-state index contributed by atoms with van der Waals surface area (Å²) in [5.41, 5.74) is 0. The molecule has 1 saturated heterocycles. The van der Waals surface area contributed by atoms with Gasteiger partial charge in [0.05, 0.1) is 0 Å². The number of nitrogens with zero attached hydrogens (tertiary/aromatic N) is 2. The molecule has 0 amide bonds. The van der Waals surface area contributed by atoms with Crippen molar-refractivity contribution in [1.29, 1.82) is 0 Å². The fourth-order valence-corrected chi connectivity index (χ4v) is 5.07. The average Bonchev–Trinajstić information content (AvgIpc) is 2.32. The summed E-state index contributed by atoms with van der Waals surface area (Å²) >= 11 is 0. The molecule has 112 valence electrons. The van der Waals surface area contributed by atoms with Gasteiger partial charge in [0.25, 0.3) is 10.2 Å². The summed E-state index contributed by atoms with van der Waals surface area (Å²) in [5.74, 6) is 0. The Labute approximate surface area is 116 Å². The van der Waals surface area contributed by atoms with E-state index in [1.807, 2.05) is 6.92 Å². The first-order chi connectivity index (χ1) is 9.07. The lowest BCUT2D eigenvalue weighted by molar-refractivity contribution is 0.173. The minimum Gasteiger partial charge on any atom is -0.396 e. The Morgan fingerprint density at radius 2 is 1.95 bits per heavy atom. The van der Waals surface area contributed by atoms with Crippen LogP contribution in [0.2, 0.25) is 0 Å². The summed E-state index contributed by atoms with van der Waals surface area (Å²) in [6, 6.07) is 0.265. The molecule has 0 bridgehead atoms. The Bertz CT molecular complexity index is 381. The van der Waals surface area contributed by atoms with E-state index in [1.165, 1.54) is 0 Å². The molecule has 0 radical (unpaired) electrons. The third kappa shape index (κ3) is 3.29. The van der Waals surface area contributed by atoms with Crippen LogP contribution in [0.3, 0.4) is 0 Å². The van der Waals surface area contributed by atoms with Crippen LogP contribution in [0.25, 0.3) is 0 Å². The summed E-state index contributed by atoms with van der Waals surface area (Å²) in [4.78, 5) is 0. The van der Waals surface area contributed by atoms with E-state index in [0.29, 0.717) is 19.5 Å². The van der Waals surface area contributed by atoms with Crippen molar-refractivity contribution in [2.24, 2.45) is 0 Å². The van der Waals surface area contributed by atoms with E-state index in [1.54, 1.807) is 8.61 Å². The maximum Gasteiger partial charge on any atom is 0.282 e. The van der Waals surface area contributed by atoms with Gasteiger partial charge in [0.15, 0.2) is 0 Å². The topological polar surface area (TPSA) is 60.9 Å². The van der Waals surface area contributed by atoms with Gasteiger partial charge in [0.1, 0.15) is 0 Å². The number of hydrogen-bond acceptors (Lipinski definition) is 3. The number of aliphatic hydroxyl groups is 1. The molecule has 5 nitrogen and oxygen atoms in total. The van der Waals surface area contributed by atoms with Crippen LogP contribution in [0.4, 0.5) is 0 Å². The first kappa shape index (κ1) is 15.2. The van der Waals surface area contributed by atoms with Crippen molar-refractivity contribution in [2.75, 3.05) is 19.7 Å². The van der Waals surface area contributed by atoms with Gasteiger partial charge in [-0.15, -0.1) is 0 Å². The highest BCUT2D eigenvalue weighted by atomic mass is 32.2. The van der Waals surface area contributed by atoms with E-state index in [9.17, 15) is 8.42 Å². The van der Waals surface area contributed by atoms with E-state index in [0.717, 1.165) is 38.5 Å². The van der Waals surface area contributed by atoms with Crippen LogP contribution in [0.1, 0.15) is 51.9 Å². The summed E-state index contributed by atoms with van der Waals surface area (Å²) in [6.45, 7) is 3.15. The Kier molecular flexibility index (Phi) is 5.22. The molecule has 1 saturated carbocycles. The van der Waals surface area contributed by atoms with Gasteiger partial charge in [-0.3, -0.25) is 0 Å². The van der Waals surface area contributed by atoms with E-state index in [2.05, 4.69) is 0 Å². The molecule has 2 rings (SSSR count). The smallest absolute Gasteiger partial charge is 0.282 e. The van der Waals surface area contributed by atoms with E-state index in [4.69, 9.17) is 5.11 Å². The van der Waals surface area contributed by atoms with Crippen molar-refractivity contribution in [3.63, 3.8) is 0 Å². The third-order valence-electron chi connectivity index (χ3n) is 4.35. The number of hydrogen-bond donors (Lipinski definition) is 1. The minimum atomic E-state index is -3.35. The van der Waals surface area contributed by atoms with Crippen LogP contribution < -0.4 is 0 Å². The molecular weight excluding hydrogens is 264 g/mol. The molecule has 1 unspecified atom stereocenters. The van der Waals surface area contributed by atoms with Gasteiger partial charge < -0.3 is 5.11 Å². The second kappa shape index (κ2) is 6.52. The van der Waals surface area contributed by atoms with Crippen LogP contribution in [0.15, 0.2) is 0 Å². The first-order valence-corrected chi connectivity index (χ1v) is 8.86. The SMILES string of the molecule is CC1CCCCN1S(=O)(=O)N(CCCO)C1CCC1. The average molecular weight is 290 g/mol. The summed E-state index contributed by atoms with van der Waals surface area (Å²) in [7, 11) is -3.35. The van der Waals surface area contributed by atoms with Crippen LogP contribution in [-0.2, 0) is 10.2 Å². The van der Waals surface area contributed by atoms with Crippen molar-refractivity contribution in [3.05, 3.63) is 0 Å². The molecule has 1 atom stereocenters. The molecule has 0 aromatic rings. The van der Waals surface area contributed by atoms with E-state index < -0.39 is 10.2 Å². The van der Waals surface area contributed by atoms with Crippen LogP contribution >= 0.6 is 0 Å². The van der Waals surface area contributed by atoms with E-state index in [-0.39, 0.29) is 18.7 Å². The Balaban J connectivity index is 2.12. The molecule has 1 aliphatic heterocycles. The molecule has 19 heavy (non-hydrogen) atoms. The largest absolute Gasteiger partial charge is 0.396 e. The summed E-state index contributed by atoms with van der Waals surface area (Å²) in [6.07, 6.45) is 6.61. The predicted molar refractivity (Wildman–Crippen MR) is 75.0 cm³/mol. The zero-order chi connectivity index (χ0) is 13.9. The fourth-order valence-electron chi connectivity index (χ4n) is 2.94. The predicted octanol–water partition coefficient (Wildman–Crippen LogP) is 1.34. The molecule has 0 aromatic carbocycles. The fraction of sp³-hybridized carbons (Fsp3) is 1.00. The summed E-state index contributed by atoms with van der Waals surface area (Å²) < 4.78 is 28.9. The molecular formula is C13H26N2O3S. The molecule has 0 spiro atoms. The first-order valence-electron chi connectivity index (χ1n) is 7.47. The Morgan fingerprint density at radius 3 is 2.47 bits per heavy atom. The lowest BCUT2D eigenvalue weighted by Gasteiger charge is -2.42. The Hall–Kier alpha value is -0.170. The maximum absolute atomic E-state index is 12.8. The van der Waals surface area contributed by atoms with Gasteiger partial charge >= 0.3 is 0 Å². The van der Waals surface area contributed by atoms with Crippen LogP contribution in [-0.4, -0.2) is 53.9 Å². The van der Waals surface area contributed by atoms with Crippen LogP contribution in [0.5, 0.6) is 0 Å². The quantitative estimate of drug-likeness (QED) is 0.803. The number of rotatable bonds is 6. The lowest BCUT2D eigenvalue weighted by Crippen LogP contribution is -2.54. The summed E-state index contributed by atoms with van der Waals surface area (Å²) in [5, 5.41) is 8.98. The maximum atomic E-state index is 12.8. The van der Waals surface area contributed by atoms with Crippen molar-refractivity contribution >= 4 is 10.2 Å². The molecule has 1 heterocycles. The van der Waals surface area contributed by atoms with Gasteiger partial charge in [-0.25, -0.2) is 0 Å². The monoisotopic (exact) mass is 290 g/mol. The molecule has 1 N–H and O–H groups in total. The van der Waals surface area contributed by atoms with Crippen molar-refractivity contribution in [2.45, 2.75) is 64.0 Å². The standard InChI is InChI=1S/C13H26N2O3S/c1-12-6-2-3-9-14(12)19(17,18)15(10-5-11-16)13-7-4-8-13/h12-13,16H,2-11H2,1H3. The zero-order valence-corrected chi connectivity index (χ0v) is 12.6. The lowest BCUT2D eigenvalue weighted by atomic mass is 9.93. The highest BCUT2D eigenvalue weighted by molar-refractivity contribution is 7.86. The molecule has 6 heteroatoms. The highest BCUT2D eigenvalue weighted by Gasteiger charge is 2.39.